The van der Waals surface area contributed by atoms with Crippen LogP contribution in [0.1, 0.15) is 30.4 Å². The molecule has 7 heteroatoms. The Balaban J connectivity index is 1.31. The summed E-state index contributed by atoms with van der Waals surface area (Å²) >= 11 is 5.90. The Hall–Kier alpha value is -2.05. The Morgan fingerprint density at radius 1 is 1.41 bits per heavy atom. The van der Waals surface area contributed by atoms with Crippen LogP contribution in [0.5, 0.6) is 5.75 Å². The summed E-state index contributed by atoms with van der Waals surface area (Å²) in [6, 6.07) is 5.74. The number of nitrogens with zero attached hydrogens (tertiary/aromatic N) is 2. The number of ether oxygens (including phenoxy) is 1. The van der Waals surface area contributed by atoms with Gasteiger partial charge in [-0.05, 0) is 48.8 Å². The molecule has 0 saturated heterocycles. The first-order chi connectivity index (χ1) is 13.1. The Labute approximate surface area is 163 Å². The molecule has 1 aromatic heterocycles. The molecule has 1 saturated carbocycles. The lowest BCUT2D eigenvalue weighted by atomic mass is 10.0. The van der Waals surface area contributed by atoms with Gasteiger partial charge in [-0.1, -0.05) is 23.7 Å². The maximum absolute atomic E-state index is 12.5. The lowest BCUT2D eigenvalue weighted by molar-refractivity contribution is -0.121. The van der Waals surface area contributed by atoms with Gasteiger partial charge in [0.15, 0.2) is 0 Å². The molecule has 1 aliphatic heterocycles. The van der Waals surface area contributed by atoms with Crippen LogP contribution in [-0.4, -0.2) is 39.5 Å². The molecule has 144 valence electrons. The number of amides is 1. The number of aliphatic hydroxyl groups is 1. The van der Waals surface area contributed by atoms with Gasteiger partial charge in [0, 0.05) is 12.7 Å². The Bertz CT molecular complexity index is 823. The lowest BCUT2D eigenvalue weighted by Crippen LogP contribution is -2.40. The fourth-order valence-corrected chi connectivity index (χ4v) is 4.25. The molecule has 0 radical (unpaired) electrons. The van der Waals surface area contributed by atoms with E-state index in [4.69, 9.17) is 16.3 Å². The predicted molar refractivity (Wildman–Crippen MR) is 102 cm³/mol. The molecule has 1 fully saturated rings. The summed E-state index contributed by atoms with van der Waals surface area (Å²) in [6.07, 6.45) is 6.57. The van der Waals surface area contributed by atoms with Crippen molar-refractivity contribution in [3.63, 3.8) is 0 Å². The zero-order chi connectivity index (χ0) is 18.8. The second-order valence-corrected chi connectivity index (χ2v) is 7.97. The zero-order valence-corrected chi connectivity index (χ0v) is 15.9. The predicted octanol–water partition coefficient (Wildman–Crippen LogP) is 2.36. The van der Waals surface area contributed by atoms with Gasteiger partial charge in [0.2, 0.25) is 5.91 Å². The summed E-state index contributed by atoms with van der Waals surface area (Å²) in [4.78, 5) is 12.5. The van der Waals surface area contributed by atoms with E-state index in [9.17, 15) is 9.90 Å². The van der Waals surface area contributed by atoms with Gasteiger partial charge in [0.1, 0.15) is 5.75 Å². The smallest absolute Gasteiger partial charge is 0.224 e. The van der Waals surface area contributed by atoms with Crippen LogP contribution in [0.15, 0.2) is 30.6 Å². The molecule has 27 heavy (non-hydrogen) atoms. The number of hydrogen-bond donors (Lipinski definition) is 2. The second kappa shape index (κ2) is 7.90. The van der Waals surface area contributed by atoms with Gasteiger partial charge in [-0.3, -0.25) is 9.48 Å². The summed E-state index contributed by atoms with van der Waals surface area (Å²) in [5, 5.41) is 18.1. The second-order valence-electron chi connectivity index (χ2n) is 7.53. The SMILES string of the molecule is O=C(Cc1ccc2c(c1)CCCO2)N[C@@H]1CC(Cn2cc(Cl)cn2)C[C@H]1O. The van der Waals surface area contributed by atoms with E-state index in [1.807, 2.05) is 12.1 Å². The van der Waals surface area contributed by atoms with Crippen LogP contribution in [-0.2, 0) is 24.2 Å². The van der Waals surface area contributed by atoms with Crippen molar-refractivity contribution in [2.75, 3.05) is 6.61 Å². The highest BCUT2D eigenvalue weighted by atomic mass is 35.5. The third-order valence-electron chi connectivity index (χ3n) is 5.36. The average Bonchev–Trinajstić information content (AvgIpc) is 3.20. The number of carbonyl (C=O) groups is 1. The third kappa shape index (κ3) is 4.45. The number of aryl methyl sites for hydroxylation is 1. The van der Waals surface area contributed by atoms with E-state index in [1.165, 1.54) is 5.56 Å². The minimum atomic E-state index is -0.526. The number of aromatic nitrogens is 2. The molecule has 1 aromatic carbocycles. The van der Waals surface area contributed by atoms with Crippen molar-refractivity contribution >= 4 is 17.5 Å². The number of aliphatic hydroxyl groups excluding tert-OH is 1. The van der Waals surface area contributed by atoms with E-state index in [0.717, 1.165) is 37.2 Å². The summed E-state index contributed by atoms with van der Waals surface area (Å²) in [5.41, 5.74) is 2.15. The van der Waals surface area contributed by atoms with Crippen LogP contribution < -0.4 is 10.1 Å². The largest absolute Gasteiger partial charge is 0.493 e. The molecule has 3 atom stereocenters. The van der Waals surface area contributed by atoms with Crippen molar-refractivity contribution < 1.29 is 14.6 Å². The van der Waals surface area contributed by atoms with Gasteiger partial charge in [0.25, 0.3) is 0 Å². The van der Waals surface area contributed by atoms with E-state index in [1.54, 1.807) is 17.1 Å². The number of benzene rings is 1. The van der Waals surface area contributed by atoms with Crippen molar-refractivity contribution in [1.82, 2.24) is 15.1 Å². The number of carbonyl (C=O) groups excluding carboxylic acids is 1. The molecule has 2 aliphatic rings. The zero-order valence-electron chi connectivity index (χ0n) is 15.1. The molecule has 2 heterocycles. The number of nitrogens with one attached hydrogen (secondary N) is 1. The molecular formula is C20H24ClN3O3. The average molecular weight is 390 g/mol. The van der Waals surface area contributed by atoms with Crippen molar-refractivity contribution in [1.29, 1.82) is 0 Å². The van der Waals surface area contributed by atoms with E-state index in [2.05, 4.69) is 16.5 Å². The van der Waals surface area contributed by atoms with Gasteiger partial charge < -0.3 is 15.2 Å². The van der Waals surface area contributed by atoms with Crippen LogP contribution in [0.4, 0.5) is 0 Å². The number of halogens is 1. The molecule has 1 unspecified atom stereocenters. The third-order valence-corrected chi connectivity index (χ3v) is 5.55. The molecule has 2 aromatic rings. The number of fused-ring (bicyclic) bond motifs is 1. The Kier molecular flexibility index (Phi) is 5.36. The lowest BCUT2D eigenvalue weighted by Gasteiger charge is -2.19. The summed E-state index contributed by atoms with van der Waals surface area (Å²) in [5.74, 6) is 1.14. The minimum Gasteiger partial charge on any atom is -0.493 e. The van der Waals surface area contributed by atoms with Gasteiger partial charge in [-0.2, -0.15) is 5.10 Å². The summed E-state index contributed by atoms with van der Waals surface area (Å²) in [7, 11) is 0. The minimum absolute atomic E-state index is 0.0569. The normalized spacial score (nSPS) is 24.3. The van der Waals surface area contributed by atoms with E-state index in [0.29, 0.717) is 24.4 Å². The monoisotopic (exact) mass is 389 g/mol. The maximum atomic E-state index is 12.5. The van der Waals surface area contributed by atoms with Crippen LogP contribution in [0.3, 0.4) is 0 Å². The molecule has 2 N–H and O–H groups in total. The molecule has 6 nitrogen and oxygen atoms in total. The van der Waals surface area contributed by atoms with Crippen LogP contribution in [0.2, 0.25) is 5.02 Å². The van der Waals surface area contributed by atoms with Gasteiger partial charge in [0.05, 0.1) is 36.4 Å². The number of hydrogen-bond acceptors (Lipinski definition) is 4. The Morgan fingerprint density at radius 2 is 2.30 bits per heavy atom. The summed E-state index contributed by atoms with van der Waals surface area (Å²) < 4.78 is 7.41. The van der Waals surface area contributed by atoms with Crippen LogP contribution in [0.25, 0.3) is 0 Å². The van der Waals surface area contributed by atoms with E-state index < -0.39 is 6.10 Å². The quantitative estimate of drug-likeness (QED) is 0.823. The van der Waals surface area contributed by atoms with Crippen molar-refractivity contribution in [3.05, 3.63) is 46.7 Å². The van der Waals surface area contributed by atoms with Crippen molar-refractivity contribution in [2.45, 2.75) is 50.8 Å². The highest BCUT2D eigenvalue weighted by Gasteiger charge is 2.34. The fourth-order valence-electron chi connectivity index (χ4n) is 4.09. The van der Waals surface area contributed by atoms with Crippen LogP contribution in [0, 0.1) is 5.92 Å². The summed E-state index contributed by atoms with van der Waals surface area (Å²) in [6.45, 7) is 1.46. The van der Waals surface area contributed by atoms with Crippen LogP contribution >= 0.6 is 11.6 Å². The van der Waals surface area contributed by atoms with Gasteiger partial charge >= 0.3 is 0 Å². The first kappa shape index (κ1) is 18.3. The van der Waals surface area contributed by atoms with Crippen molar-refractivity contribution in [3.8, 4) is 5.75 Å². The molecule has 0 spiro atoms. The van der Waals surface area contributed by atoms with Gasteiger partial charge in [-0.15, -0.1) is 0 Å². The first-order valence-corrected chi connectivity index (χ1v) is 9.84. The molecule has 1 aliphatic carbocycles. The van der Waals surface area contributed by atoms with E-state index >= 15 is 0 Å². The maximum Gasteiger partial charge on any atom is 0.224 e. The highest BCUT2D eigenvalue weighted by molar-refractivity contribution is 6.30. The Morgan fingerprint density at radius 3 is 3.11 bits per heavy atom. The highest BCUT2D eigenvalue weighted by Crippen LogP contribution is 2.28. The van der Waals surface area contributed by atoms with E-state index in [-0.39, 0.29) is 17.9 Å². The van der Waals surface area contributed by atoms with Crippen molar-refractivity contribution in [2.24, 2.45) is 5.92 Å². The molecule has 1 amide bonds. The number of rotatable bonds is 5. The molecular weight excluding hydrogens is 366 g/mol. The molecule has 0 bridgehead atoms. The molecule has 4 rings (SSSR count). The first-order valence-electron chi connectivity index (χ1n) is 9.47. The van der Waals surface area contributed by atoms with Gasteiger partial charge in [-0.25, -0.2) is 0 Å². The standard InChI is InChI=1S/C20H24ClN3O3/c21-16-10-22-24(12-16)11-14-7-17(18(25)8-14)23-20(26)9-13-3-4-19-15(6-13)2-1-5-27-19/h3-4,6,10,12,14,17-18,25H,1-2,5,7-9,11H2,(H,23,26)/t14?,17-,18-/m1/s1. The topological polar surface area (TPSA) is 76.4 Å². The fraction of sp³-hybridized carbons (Fsp3) is 0.500.